The number of amides is 1. The third-order valence-electron chi connectivity index (χ3n) is 5.87. The van der Waals surface area contributed by atoms with Crippen molar-refractivity contribution in [2.45, 2.75) is 59.6 Å². The molecular formula is C27H31NO6. The second-order valence-corrected chi connectivity index (χ2v) is 9.01. The minimum Gasteiger partial charge on any atom is -0.480 e. The molecule has 3 aromatic rings. The van der Waals surface area contributed by atoms with Crippen molar-refractivity contribution in [1.29, 1.82) is 0 Å². The van der Waals surface area contributed by atoms with Gasteiger partial charge in [-0.25, -0.2) is 9.59 Å². The van der Waals surface area contributed by atoms with E-state index in [0.29, 0.717) is 35.3 Å². The highest BCUT2D eigenvalue weighted by molar-refractivity contribution is 5.87. The first-order valence-corrected chi connectivity index (χ1v) is 11.4. The molecule has 2 aromatic carbocycles. The van der Waals surface area contributed by atoms with Gasteiger partial charge < -0.3 is 19.6 Å². The summed E-state index contributed by atoms with van der Waals surface area (Å²) in [5.41, 5.74) is 3.06. The zero-order valence-corrected chi connectivity index (χ0v) is 20.2. The molecule has 34 heavy (non-hydrogen) atoms. The van der Waals surface area contributed by atoms with Gasteiger partial charge in [0.05, 0.1) is 0 Å². The van der Waals surface area contributed by atoms with E-state index in [1.807, 2.05) is 57.2 Å². The molecule has 1 heterocycles. The Morgan fingerprint density at radius 2 is 1.71 bits per heavy atom. The standard InChI is InChI=1S/C27H31NO6/c1-15(2)13-22(26(30)31)28-25(29)18(5)33-23-12-11-20-16(3)21(14-19-9-7-6-8-10-19)27(32)34-24(20)17(23)4/h6-12,15,18,22H,13-14H2,1-5H3,(H,28,29)(H,30,31)/t18?,22-/m0/s1. The summed E-state index contributed by atoms with van der Waals surface area (Å²) in [5, 5.41) is 12.7. The van der Waals surface area contributed by atoms with Gasteiger partial charge in [-0.2, -0.15) is 0 Å². The number of carboxylic acid groups (broad SMARTS) is 1. The number of hydrogen-bond donors (Lipinski definition) is 2. The Balaban J connectivity index is 1.85. The normalized spacial score (nSPS) is 13.0. The van der Waals surface area contributed by atoms with Crippen molar-refractivity contribution in [3.8, 4) is 5.75 Å². The Morgan fingerprint density at radius 1 is 1.03 bits per heavy atom. The molecule has 1 unspecified atom stereocenters. The molecule has 7 heteroatoms. The summed E-state index contributed by atoms with van der Waals surface area (Å²) < 4.78 is 11.5. The third kappa shape index (κ3) is 5.65. The molecule has 3 rings (SSSR count). The van der Waals surface area contributed by atoms with E-state index in [1.165, 1.54) is 0 Å². The number of aryl methyl sites for hydroxylation is 2. The lowest BCUT2D eigenvalue weighted by Gasteiger charge is -2.21. The Hall–Kier alpha value is -3.61. The van der Waals surface area contributed by atoms with Crippen LogP contribution in [-0.2, 0) is 16.0 Å². The minimum absolute atomic E-state index is 0.110. The van der Waals surface area contributed by atoms with E-state index in [4.69, 9.17) is 9.15 Å². The molecule has 0 bridgehead atoms. The van der Waals surface area contributed by atoms with Crippen molar-refractivity contribution in [2.75, 3.05) is 0 Å². The summed E-state index contributed by atoms with van der Waals surface area (Å²) in [6.45, 7) is 9.00. The summed E-state index contributed by atoms with van der Waals surface area (Å²) >= 11 is 0. The van der Waals surface area contributed by atoms with Gasteiger partial charge in [-0.3, -0.25) is 4.79 Å². The van der Waals surface area contributed by atoms with Crippen LogP contribution in [0.1, 0.15) is 49.4 Å². The number of ether oxygens (including phenoxy) is 1. The van der Waals surface area contributed by atoms with Crippen LogP contribution in [0.2, 0.25) is 0 Å². The zero-order valence-electron chi connectivity index (χ0n) is 20.2. The van der Waals surface area contributed by atoms with Crippen molar-refractivity contribution >= 4 is 22.8 Å². The molecule has 0 saturated heterocycles. The van der Waals surface area contributed by atoms with Gasteiger partial charge in [-0.05, 0) is 56.4 Å². The lowest BCUT2D eigenvalue weighted by atomic mass is 9.98. The molecule has 0 radical (unpaired) electrons. The number of rotatable bonds is 9. The molecular weight excluding hydrogens is 434 g/mol. The first-order chi connectivity index (χ1) is 16.1. The van der Waals surface area contributed by atoms with Gasteiger partial charge in [-0.15, -0.1) is 0 Å². The number of benzene rings is 2. The lowest BCUT2D eigenvalue weighted by Crippen LogP contribution is -2.46. The van der Waals surface area contributed by atoms with E-state index in [9.17, 15) is 19.5 Å². The lowest BCUT2D eigenvalue weighted by molar-refractivity contribution is -0.143. The highest BCUT2D eigenvalue weighted by atomic mass is 16.5. The number of hydrogen-bond acceptors (Lipinski definition) is 5. The number of nitrogens with one attached hydrogen (secondary N) is 1. The largest absolute Gasteiger partial charge is 0.480 e. The molecule has 1 aromatic heterocycles. The highest BCUT2D eigenvalue weighted by Gasteiger charge is 2.25. The molecule has 0 aliphatic carbocycles. The van der Waals surface area contributed by atoms with Gasteiger partial charge in [0.25, 0.3) is 5.91 Å². The van der Waals surface area contributed by atoms with E-state index >= 15 is 0 Å². The average molecular weight is 466 g/mol. The summed E-state index contributed by atoms with van der Waals surface area (Å²) in [7, 11) is 0. The topological polar surface area (TPSA) is 106 Å². The van der Waals surface area contributed by atoms with E-state index in [1.54, 1.807) is 19.9 Å². The number of fused-ring (bicyclic) bond motifs is 1. The van der Waals surface area contributed by atoms with Crippen molar-refractivity contribution in [3.05, 3.63) is 75.1 Å². The Kier molecular flexibility index (Phi) is 7.76. The number of aliphatic carboxylic acids is 1. The van der Waals surface area contributed by atoms with Crippen LogP contribution >= 0.6 is 0 Å². The van der Waals surface area contributed by atoms with Crippen molar-refractivity contribution in [3.63, 3.8) is 0 Å². The maximum atomic E-state index is 12.8. The molecule has 1 amide bonds. The van der Waals surface area contributed by atoms with Gasteiger partial charge >= 0.3 is 11.6 Å². The van der Waals surface area contributed by atoms with Crippen LogP contribution in [-0.4, -0.2) is 29.1 Å². The highest BCUT2D eigenvalue weighted by Crippen LogP contribution is 2.30. The third-order valence-corrected chi connectivity index (χ3v) is 5.87. The van der Waals surface area contributed by atoms with Crippen LogP contribution < -0.4 is 15.7 Å². The van der Waals surface area contributed by atoms with E-state index in [-0.39, 0.29) is 5.92 Å². The van der Waals surface area contributed by atoms with Gasteiger partial charge in [0.15, 0.2) is 6.10 Å². The SMILES string of the molecule is Cc1c(Cc2ccccc2)c(=O)oc2c(C)c(OC(C)C(=O)N[C@@H](CC(C)C)C(=O)O)ccc12. The molecule has 2 N–H and O–H groups in total. The Morgan fingerprint density at radius 3 is 2.32 bits per heavy atom. The molecule has 0 aliphatic heterocycles. The summed E-state index contributed by atoms with van der Waals surface area (Å²) in [6.07, 6.45) is -0.144. The van der Waals surface area contributed by atoms with Crippen LogP contribution in [0.25, 0.3) is 11.0 Å². The number of carbonyl (C=O) groups excluding carboxylic acids is 1. The molecule has 0 fully saturated rings. The maximum Gasteiger partial charge on any atom is 0.340 e. The summed E-state index contributed by atoms with van der Waals surface area (Å²) in [6, 6.07) is 12.3. The van der Waals surface area contributed by atoms with Crippen molar-refractivity contribution < 1.29 is 23.8 Å². The predicted octanol–water partition coefficient (Wildman–Crippen LogP) is 4.38. The quantitative estimate of drug-likeness (QED) is 0.454. The van der Waals surface area contributed by atoms with Crippen LogP contribution in [0.4, 0.5) is 0 Å². The van der Waals surface area contributed by atoms with Crippen molar-refractivity contribution in [2.24, 2.45) is 5.92 Å². The number of carboxylic acids is 1. The summed E-state index contributed by atoms with van der Waals surface area (Å²) in [5.74, 6) is -1.11. The van der Waals surface area contributed by atoms with E-state index in [0.717, 1.165) is 16.5 Å². The maximum absolute atomic E-state index is 12.8. The molecule has 0 spiro atoms. The Bertz CT molecular complexity index is 1250. The van der Waals surface area contributed by atoms with Crippen molar-refractivity contribution in [1.82, 2.24) is 5.32 Å². The summed E-state index contributed by atoms with van der Waals surface area (Å²) in [4.78, 5) is 36.8. The zero-order chi connectivity index (χ0) is 25.0. The average Bonchev–Trinajstić information content (AvgIpc) is 2.78. The van der Waals surface area contributed by atoms with Gasteiger partial charge in [0, 0.05) is 22.9 Å². The van der Waals surface area contributed by atoms with Crippen LogP contribution in [0.5, 0.6) is 5.75 Å². The molecule has 2 atom stereocenters. The minimum atomic E-state index is -1.08. The molecule has 7 nitrogen and oxygen atoms in total. The van der Waals surface area contributed by atoms with Crippen LogP contribution in [0.15, 0.2) is 51.7 Å². The van der Waals surface area contributed by atoms with Gasteiger partial charge in [-0.1, -0.05) is 44.2 Å². The Labute approximate surface area is 198 Å². The molecule has 180 valence electrons. The second kappa shape index (κ2) is 10.5. The van der Waals surface area contributed by atoms with Crippen LogP contribution in [0.3, 0.4) is 0 Å². The van der Waals surface area contributed by atoms with Crippen LogP contribution in [0, 0.1) is 19.8 Å². The smallest absolute Gasteiger partial charge is 0.340 e. The van der Waals surface area contributed by atoms with Gasteiger partial charge in [0.2, 0.25) is 0 Å². The van der Waals surface area contributed by atoms with E-state index < -0.39 is 29.6 Å². The number of carbonyl (C=O) groups is 2. The molecule has 0 saturated carbocycles. The first-order valence-electron chi connectivity index (χ1n) is 11.4. The fourth-order valence-corrected chi connectivity index (χ4v) is 3.93. The first kappa shape index (κ1) is 25.0. The molecule has 0 aliphatic rings. The fraction of sp³-hybridized carbons (Fsp3) is 0.370. The fourth-order valence-electron chi connectivity index (χ4n) is 3.93. The monoisotopic (exact) mass is 465 g/mol. The predicted molar refractivity (Wildman–Crippen MR) is 130 cm³/mol. The van der Waals surface area contributed by atoms with Gasteiger partial charge in [0.1, 0.15) is 17.4 Å². The van der Waals surface area contributed by atoms with E-state index in [2.05, 4.69) is 5.32 Å². The second-order valence-electron chi connectivity index (χ2n) is 9.01.